The fourth-order valence-corrected chi connectivity index (χ4v) is 1.47. The number of rotatable bonds is 2. The van der Waals surface area contributed by atoms with Crippen LogP contribution in [0.25, 0.3) is 0 Å². The number of benzene rings is 1. The maximum Gasteiger partial charge on any atom is 0.180 e. The second kappa shape index (κ2) is 4.17. The van der Waals surface area contributed by atoms with Crippen molar-refractivity contribution in [2.45, 2.75) is 0 Å². The van der Waals surface area contributed by atoms with Gasteiger partial charge >= 0.3 is 0 Å². The third kappa shape index (κ3) is 2.07. The second-order valence-corrected chi connectivity index (χ2v) is 3.58. The van der Waals surface area contributed by atoms with Gasteiger partial charge in [-0.25, -0.2) is 4.39 Å². The molecule has 0 aliphatic carbocycles. The van der Waals surface area contributed by atoms with Crippen LogP contribution in [0.1, 0.15) is 10.4 Å². The largest absolute Gasteiger partial charge is 0.324 e. The van der Waals surface area contributed by atoms with Gasteiger partial charge in [-0.15, -0.1) is 0 Å². The summed E-state index contributed by atoms with van der Waals surface area (Å²) in [7, 11) is 0. The van der Waals surface area contributed by atoms with E-state index in [0.717, 1.165) is 0 Å². The number of Topliss-reactive ketones (excluding diaryl/α,β-unsaturated/α-hetero) is 1. The van der Waals surface area contributed by atoms with Gasteiger partial charge < -0.3 is 5.73 Å². The molecular formula is C8H6BrClFNO. The van der Waals surface area contributed by atoms with Crippen LogP contribution < -0.4 is 5.73 Å². The molecule has 5 heteroatoms. The normalized spacial score (nSPS) is 10.2. The fraction of sp³-hybridized carbons (Fsp3) is 0.125. The van der Waals surface area contributed by atoms with Gasteiger partial charge in [-0.1, -0.05) is 11.6 Å². The molecule has 0 amide bonds. The Hall–Kier alpha value is -0.450. The molecule has 0 bridgehead atoms. The summed E-state index contributed by atoms with van der Waals surface area (Å²) in [6.45, 7) is -0.257. The molecule has 0 spiro atoms. The Kier molecular flexibility index (Phi) is 3.41. The summed E-state index contributed by atoms with van der Waals surface area (Å²) in [6.07, 6.45) is 0. The van der Waals surface area contributed by atoms with Gasteiger partial charge in [0.15, 0.2) is 5.78 Å². The Morgan fingerprint density at radius 3 is 2.77 bits per heavy atom. The lowest BCUT2D eigenvalue weighted by Gasteiger charge is -2.04. The Bertz CT molecular complexity index is 356. The molecule has 0 aliphatic heterocycles. The Morgan fingerprint density at radius 1 is 1.62 bits per heavy atom. The van der Waals surface area contributed by atoms with E-state index in [-0.39, 0.29) is 17.1 Å². The van der Waals surface area contributed by atoms with Crippen LogP contribution in [0.2, 0.25) is 5.02 Å². The molecule has 0 radical (unpaired) electrons. The van der Waals surface area contributed by atoms with Crippen LogP contribution in [0.3, 0.4) is 0 Å². The first-order valence-corrected chi connectivity index (χ1v) is 4.61. The highest BCUT2D eigenvalue weighted by molar-refractivity contribution is 9.10. The number of hydrogen-bond donors (Lipinski definition) is 1. The molecule has 2 nitrogen and oxygen atoms in total. The maximum atomic E-state index is 13.1. The minimum atomic E-state index is -0.649. The van der Waals surface area contributed by atoms with Crippen LogP contribution in [0.5, 0.6) is 0 Å². The highest BCUT2D eigenvalue weighted by atomic mass is 79.9. The maximum absolute atomic E-state index is 13.1. The first kappa shape index (κ1) is 10.6. The van der Waals surface area contributed by atoms with E-state index in [1.54, 1.807) is 0 Å². The zero-order chi connectivity index (χ0) is 10.0. The van der Waals surface area contributed by atoms with Crippen molar-refractivity contribution in [1.82, 2.24) is 0 Å². The average molecular weight is 266 g/mol. The van der Waals surface area contributed by atoms with Crippen molar-refractivity contribution >= 4 is 33.3 Å². The van der Waals surface area contributed by atoms with Crippen molar-refractivity contribution < 1.29 is 9.18 Å². The van der Waals surface area contributed by atoms with Crippen LogP contribution in [-0.2, 0) is 0 Å². The lowest BCUT2D eigenvalue weighted by Crippen LogP contribution is -2.15. The molecule has 0 unspecified atom stereocenters. The molecule has 0 aromatic heterocycles. The minimum absolute atomic E-state index is 0.0652. The van der Waals surface area contributed by atoms with Crippen molar-refractivity contribution in [3.05, 3.63) is 33.0 Å². The molecule has 0 aliphatic rings. The summed E-state index contributed by atoms with van der Waals surface area (Å²) in [5, 5.41) is 0.0652. The van der Waals surface area contributed by atoms with E-state index in [1.165, 1.54) is 12.1 Å². The van der Waals surface area contributed by atoms with Crippen molar-refractivity contribution in [3.63, 3.8) is 0 Å². The Balaban J connectivity index is 3.33. The quantitative estimate of drug-likeness (QED) is 0.660. The second-order valence-electron chi connectivity index (χ2n) is 2.35. The van der Waals surface area contributed by atoms with Crippen LogP contribution >= 0.6 is 27.5 Å². The van der Waals surface area contributed by atoms with E-state index in [4.69, 9.17) is 17.3 Å². The number of hydrogen-bond acceptors (Lipinski definition) is 2. The summed E-state index contributed by atoms with van der Waals surface area (Å²) < 4.78 is 13.6. The van der Waals surface area contributed by atoms with Gasteiger partial charge in [0, 0.05) is 4.47 Å². The van der Waals surface area contributed by atoms with Gasteiger partial charge in [0.25, 0.3) is 0 Å². The average Bonchev–Trinajstić information content (AvgIpc) is 2.12. The van der Waals surface area contributed by atoms with E-state index in [0.29, 0.717) is 4.47 Å². The van der Waals surface area contributed by atoms with Crippen molar-refractivity contribution in [2.24, 2.45) is 5.73 Å². The van der Waals surface area contributed by atoms with E-state index < -0.39 is 11.6 Å². The predicted octanol–water partition coefficient (Wildman–Crippen LogP) is 2.38. The van der Waals surface area contributed by atoms with Gasteiger partial charge in [-0.05, 0) is 28.1 Å². The monoisotopic (exact) mass is 265 g/mol. The zero-order valence-corrected chi connectivity index (χ0v) is 8.82. The molecule has 0 heterocycles. The molecule has 0 saturated heterocycles. The molecule has 0 atom stereocenters. The highest BCUT2D eigenvalue weighted by Gasteiger charge is 2.16. The molecule has 13 heavy (non-hydrogen) atoms. The number of carbonyl (C=O) groups excluding carboxylic acids is 1. The number of nitrogens with two attached hydrogens (primary N) is 1. The van der Waals surface area contributed by atoms with Gasteiger partial charge in [-0.3, -0.25) is 4.79 Å². The van der Waals surface area contributed by atoms with E-state index in [9.17, 15) is 9.18 Å². The lowest BCUT2D eigenvalue weighted by atomic mass is 10.1. The lowest BCUT2D eigenvalue weighted by molar-refractivity contribution is 0.0997. The van der Waals surface area contributed by atoms with E-state index in [1.807, 2.05) is 0 Å². The molecule has 1 rings (SSSR count). The van der Waals surface area contributed by atoms with Gasteiger partial charge in [0.1, 0.15) is 5.82 Å². The van der Waals surface area contributed by atoms with Crippen molar-refractivity contribution in [1.29, 1.82) is 0 Å². The zero-order valence-electron chi connectivity index (χ0n) is 6.48. The van der Waals surface area contributed by atoms with Crippen molar-refractivity contribution in [3.8, 4) is 0 Å². The van der Waals surface area contributed by atoms with Gasteiger partial charge in [0.05, 0.1) is 17.1 Å². The van der Waals surface area contributed by atoms with Gasteiger partial charge in [-0.2, -0.15) is 0 Å². The third-order valence-electron chi connectivity index (χ3n) is 1.51. The smallest absolute Gasteiger partial charge is 0.180 e. The first-order chi connectivity index (χ1) is 6.07. The molecule has 70 valence electrons. The molecule has 0 fully saturated rings. The summed E-state index contributed by atoms with van der Waals surface area (Å²) in [5.41, 5.74) is 4.95. The minimum Gasteiger partial charge on any atom is -0.324 e. The molecule has 0 saturated carbocycles. The standard InChI is InChI=1S/C8H6BrClFNO/c9-4-1-2-5(11)7(8(4)10)6(13)3-12/h1-2H,3,12H2. The van der Waals surface area contributed by atoms with Gasteiger partial charge in [0.2, 0.25) is 0 Å². The Morgan fingerprint density at radius 2 is 2.23 bits per heavy atom. The SMILES string of the molecule is NCC(=O)c1c(F)ccc(Br)c1Cl. The topological polar surface area (TPSA) is 43.1 Å². The molecular weight excluding hydrogens is 260 g/mol. The highest BCUT2D eigenvalue weighted by Crippen LogP contribution is 2.28. The summed E-state index contributed by atoms with van der Waals surface area (Å²) in [6, 6.07) is 2.60. The van der Waals surface area contributed by atoms with E-state index in [2.05, 4.69) is 15.9 Å². The van der Waals surface area contributed by atoms with Crippen LogP contribution in [0.15, 0.2) is 16.6 Å². The summed E-state index contributed by atoms with van der Waals surface area (Å²) >= 11 is 8.79. The number of halogens is 3. The summed E-state index contributed by atoms with van der Waals surface area (Å²) in [4.78, 5) is 11.1. The molecule has 2 N–H and O–H groups in total. The van der Waals surface area contributed by atoms with Crippen molar-refractivity contribution in [2.75, 3.05) is 6.54 Å². The molecule has 1 aromatic rings. The van der Waals surface area contributed by atoms with E-state index >= 15 is 0 Å². The Labute approximate surface area is 88.0 Å². The first-order valence-electron chi connectivity index (χ1n) is 3.44. The van der Waals surface area contributed by atoms with Crippen LogP contribution in [-0.4, -0.2) is 12.3 Å². The fourth-order valence-electron chi connectivity index (χ4n) is 0.885. The predicted molar refractivity (Wildman–Crippen MR) is 52.5 cm³/mol. The third-order valence-corrected chi connectivity index (χ3v) is 2.79. The number of carbonyl (C=O) groups is 1. The van der Waals surface area contributed by atoms with Crippen LogP contribution in [0, 0.1) is 5.82 Å². The molecule has 1 aromatic carbocycles. The summed E-state index contributed by atoms with van der Waals surface area (Å²) in [5.74, 6) is -1.16. The van der Waals surface area contributed by atoms with Crippen LogP contribution in [0.4, 0.5) is 4.39 Å². The number of ketones is 1.